The van der Waals surface area contributed by atoms with Gasteiger partial charge in [0.25, 0.3) is 0 Å². The summed E-state index contributed by atoms with van der Waals surface area (Å²) in [5.41, 5.74) is 1.64. The molecule has 4 rings (SSSR count). The van der Waals surface area contributed by atoms with Crippen LogP contribution in [0.1, 0.15) is 89.9 Å². The van der Waals surface area contributed by atoms with E-state index in [1.165, 1.54) is 38.5 Å². The Bertz CT molecular complexity index is 1620. The van der Waals surface area contributed by atoms with Gasteiger partial charge in [0.2, 0.25) is 23.6 Å². The molecule has 0 unspecified atom stereocenters. The van der Waals surface area contributed by atoms with Crippen molar-refractivity contribution in [3.8, 4) is 0 Å². The van der Waals surface area contributed by atoms with Gasteiger partial charge in [-0.1, -0.05) is 74.9 Å². The molecule has 0 fully saturated rings. The van der Waals surface area contributed by atoms with Gasteiger partial charge < -0.3 is 31.9 Å². The van der Waals surface area contributed by atoms with Crippen molar-refractivity contribution >= 4 is 57.1 Å². The van der Waals surface area contributed by atoms with Crippen molar-refractivity contribution in [3.63, 3.8) is 0 Å². The smallest absolute Gasteiger partial charge is 0.226 e. The maximum absolute atomic E-state index is 12.2. The lowest BCUT2D eigenvalue weighted by molar-refractivity contribution is -0.124. The highest BCUT2D eigenvalue weighted by atomic mass is 16.2. The molecule has 2 heterocycles. The van der Waals surface area contributed by atoms with Crippen LogP contribution in [-0.2, 0) is 19.2 Å². The number of nitrogens with zero attached hydrogens (tertiary/aromatic N) is 2. The largest absolute Gasteiger partial charge is 0.356 e. The van der Waals surface area contributed by atoms with Gasteiger partial charge in [-0.2, -0.15) is 0 Å². The minimum absolute atomic E-state index is 0.112. The Morgan fingerprint density at radius 3 is 1.20 bits per heavy atom. The Kier molecular flexibility index (Phi) is 19.5. The van der Waals surface area contributed by atoms with E-state index in [1.54, 1.807) is 12.1 Å². The molecule has 0 aliphatic rings. The van der Waals surface area contributed by atoms with E-state index in [2.05, 4.69) is 41.9 Å². The number of benzene rings is 2. The molecule has 54 heavy (non-hydrogen) atoms. The van der Waals surface area contributed by atoms with Crippen molar-refractivity contribution in [1.29, 1.82) is 0 Å². The molecule has 6 N–H and O–H groups in total. The number of rotatable bonds is 27. The molecule has 0 aliphatic carbocycles. The maximum atomic E-state index is 12.2. The number of nitrogens with one attached hydrogen (secondary N) is 6. The van der Waals surface area contributed by atoms with Crippen LogP contribution in [0.4, 0.5) is 11.6 Å². The van der Waals surface area contributed by atoms with E-state index in [4.69, 9.17) is 0 Å². The number of amides is 4. The first-order chi connectivity index (χ1) is 26.5. The van der Waals surface area contributed by atoms with Crippen molar-refractivity contribution in [1.82, 2.24) is 31.2 Å². The van der Waals surface area contributed by atoms with Gasteiger partial charge in [0.05, 0.1) is 11.0 Å². The number of unbranched alkanes of at least 4 members (excludes halogenated alkanes) is 7. The van der Waals surface area contributed by atoms with Gasteiger partial charge in [-0.15, -0.1) is 0 Å². The maximum Gasteiger partial charge on any atom is 0.226 e. The standard InChI is InChI=1S/C42H58N8O4/c51-39(23-25-41(53)49-37-21-19-33-15-7-9-17-35(33)47-37)45-31-13-29-43-27-11-5-3-1-2-4-6-12-28-44-30-14-32-46-40(52)24-26-42(54)50-38-22-20-34-16-8-10-18-36(34)48-38/h7-10,15-22,43-44H,1-6,11-14,23-32H2,(H,45,51)(H,46,52)(H,47,49,53)(H,48,50,54). The molecule has 12 heteroatoms. The number of fused-ring (bicyclic) bond motifs is 2. The van der Waals surface area contributed by atoms with Crippen LogP contribution < -0.4 is 31.9 Å². The molecule has 290 valence electrons. The number of carbonyl (C=O) groups is 4. The van der Waals surface area contributed by atoms with Crippen LogP contribution in [0.3, 0.4) is 0 Å². The Morgan fingerprint density at radius 2 is 0.759 bits per heavy atom. The van der Waals surface area contributed by atoms with Crippen molar-refractivity contribution in [2.75, 3.05) is 49.9 Å². The molecule has 2 aromatic carbocycles. The second kappa shape index (κ2) is 25.1. The minimum atomic E-state index is -0.218. The van der Waals surface area contributed by atoms with Gasteiger partial charge >= 0.3 is 0 Å². The zero-order chi connectivity index (χ0) is 38.1. The van der Waals surface area contributed by atoms with E-state index in [0.717, 1.165) is 73.7 Å². The van der Waals surface area contributed by atoms with E-state index >= 15 is 0 Å². The number of hydrogen-bond donors (Lipinski definition) is 6. The van der Waals surface area contributed by atoms with Crippen LogP contribution in [0.15, 0.2) is 72.8 Å². The van der Waals surface area contributed by atoms with Crippen LogP contribution in [0.25, 0.3) is 21.8 Å². The lowest BCUT2D eigenvalue weighted by Crippen LogP contribution is -2.28. The first-order valence-corrected chi connectivity index (χ1v) is 19.7. The quantitative estimate of drug-likeness (QED) is 0.0392. The third-order valence-electron chi connectivity index (χ3n) is 9.05. The highest BCUT2D eigenvalue weighted by molar-refractivity contribution is 5.94. The molecule has 0 saturated carbocycles. The summed E-state index contributed by atoms with van der Waals surface area (Å²) >= 11 is 0. The Balaban J connectivity index is 0.835. The van der Waals surface area contributed by atoms with Gasteiger partial charge in [0.15, 0.2) is 0 Å². The summed E-state index contributed by atoms with van der Waals surface area (Å²) in [5, 5.41) is 20.3. The lowest BCUT2D eigenvalue weighted by Gasteiger charge is -2.08. The average molecular weight is 739 g/mol. The van der Waals surface area contributed by atoms with Crippen LogP contribution in [0.2, 0.25) is 0 Å². The van der Waals surface area contributed by atoms with Gasteiger partial charge in [-0.3, -0.25) is 19.2 Å². The van der Waals surface area contributed by atoms with Crippen LogP contribution in [-0.4, -0.2) is 72.9 Å². The molecule has 0 spiro atoms. The van der Waals surface area contributed by atoms with E-state index in [-0.39, 0.29) is 49.3 Å². The summed E-state index contributed by atoms with van der Waals surface area (Å²) in [6.45, 7) is 4.92. The molecule has 4 aromatic rings. The van der Waals surface area contributed by atoms with Gasteiger partial charge in [0, 0.05) is 49.5 Å². The second-order valence-corrected chi connectivity index (χ2v) is 13.6. The van der Waals surface area contributed by atoms with Crippen molar-refractivity contribution in [3.05, 3.63) is 72.8 Å². The van der Waals surface area contributed by atoms with E-state index in [9.17, 15) is 19.2 Å². The average Bonchev–Trinajstić information content (AvgIpc) is 3.18. The molecule has 0 bridgehead atoms. The number of pyridine rings is 2. The Hall–Kier alpha value is -4.94. The lowest BCUT2D eigenvalue weighted by atomic mass is 10.1. The second-order valence-electron chi connectivity index (χ2n) is 13.6. The monoisotopic (exact) mass is 738 g/mol. The number of aromatic nitrogens is 2. The fraction of sp³-hybridized carbons (Fsp3) is 0.476. The van der Waals surface area contributed by atoms with Crippen LogP contribution in [0.5, 0.6) is 0 Å². The van der Waals surface area contributed by atoms with E-state index in [1.807, 2.05) is 60.7 Å². The number of anilines is 2. The molecule has 2 aromatic heterocycles. The van der Waals surface area contributed by atoms with Crippen LogP contribution in [0, 0.1) is 0 Å². The zero-order valence-electron chi connectivity index (χ0n) is 31.6. The summed E-state index contributed by atoms with van der Waals surface area (Å²) in [7, 11) is 0. The highest BCUT2D eigenvalue weighted by Crippen LogP contribution is 2.16. The molecular weight excluding hydrogens is 681 g/mol. The fourth-order valence-corrected chi connectivity index (χ4v) is 6.01. The topological polar surface area (TPSA) is 166 Å². The summed E-state index contributed by atoms with van der Waals surface area (Å²) < 4.78 is 0. The molecule has 0 atom stereocenters. The third-order valence-corrected chi connectivity index (χ3v) is 9.05. The van der Waals surface area contributed by atoms with Gasteiger partial charge in [-0.05, 0) is 88.3 Å². The number of para-hydroxylation sites is 2. The first-order valence-electron chi connectivity index (χ1n) is 19.7. The zero-order valence-corrected chi connectivity index (χ0v) is 31.6. The molecular formula is C42H58N8O4. The predicted molar refractivity (Wildman–Crippen MR) is 217 cm³/mol. The molecule has 12 nitrogen and oxygen atoms in total. The summed E-state index contributed by atoms with van der Waals surface area (Å²) in [6, 6.07) is 22.8. The Morgan fingerprint density at radius 1 is 0.389 bits per heavy atom. The normalized spacial score (nSPS) is 11.0. The van der Waals surface area contributed by atoms with E-state index in [0.29, 0.717) is 24.7 Å². The number of carbonyl (C=O) groups excluding carboxylic acids is 4. The third kappa shape index (κ3) is 17.3. The minimum Gasteiger partial charge on any atom is -0.356 e. The predicted octanol–water partition coefficient (Wildman–Crippen LogP) is 6.23. The first kappa shape index (κ1) is 41.8. The summed E-state index contributed by atoms with van der Waals surface area (Å²) in [4.78, 5) is 57.6. The molecule has 0 saturated heterocycles. The van der Waals surface area contributed by atoms with Crippen molar-refractivity contribution in [2.45, 2.75) is 89.9 Å². The molecule has 0 aliphatic heterocycles. The fourth-order valence-electron chi connectivity index (χ4n) is 6.01. The van der Waals surface area contributed by atoms with Crippen LogP contribution >= 0.6 is 0 Å². The Labute approximate surface area is 319 Å². The molecule has 0 radical (unpaired) electrons. The van der Waals surface area contributed by atoms with E-state index < -0.39 is 0 Å². The van der Waals surface area contributed by atoms with Gasteiger partial charge in [-0.25, -0.2) is 9.97 Å². The molecule has 4 amide bonds. The van der Waals surface area contributed by atoms with Crippen molar-refractivity contribution in [2.24, 2.45) is 0 Å². The van der Waals surface area contributed by atoms with Gasteiger partial charge in [0.1, 0.15) is 11.6 Å². The SMILES string of the molecule is O=C(CCC(=O)Nc1ccc2ccccc2n1)NCCCNCCCCCCCCCCNCCCNC(=O)CCC(=O)Nc1ccc2ccccc2n1. The van der Waals surface area contributed by atoms with Crippen molar-refractivity contribution < 1.29 is 19.2 Å². The summed E-state index contributed by atoms with van der Waals surface area (Å²) in [5.74, 6) is 0.328. The number of hydrogen-bond acceptors (Lipinski definition) is 8. The summed E-state index contributed by atoms with van der Waals surface area (Å²) in [6.07, 6.45) is 12.1. The highest BCUT2D eigenvalue weighted by Gasteiger charge is 2.10.